The summed E-state index contributed by atoms with van der Waals surface area (Å²) in [6, 6.07) is 9.11. The van der Waals surface area contributed by atoms with Crippen molar-refractivity contribution in [3.63, 3.8) is 0 Å². The van der Waals surface area contributed by atoms with Crippen LogP contribution in [-0.4, -0.2) is 47.1 Å². The minimum Gasteiger partial charge on any atom is -0.504 e. The Morgan fingerprint density at radius 1 is 0.907 bits per heavy atom. The topological polar surface area (TPSA) is 130 Å². The van der Waals surface area contributed by atoms with Crippen molar-refractivity contribution in [1.82, 2.24) is 0 Å². The molecule has 7 unspecified atom stereocenters. The fourth-order valence-electron chi connectivity index (χ4n) is 11.1. The molecule has 0 aromatic heterocycles. The first-order chi connectivity index (χ1) is 25.3. The molecule has 54 heavy (non-hydrogen) atoms. The maximum Gasteiger partial charge on any atom is 0.309 e. The predicted molar refractivity (Wildman–Crippen MR) is 209 cm³/mol. The van der Waals surface area contributed by atoms with Crippen molar-refractivity contribution in [1.29, 1.82) is 0 Å². The number of carboxylic acids is 1. The summed E-state index contributed by atoms with van der Waals surface area (Å²) in [5.74, 6) is -0.401. The van der Waals surface area contributed by atoms with Gasteiger partial charge in [0, 0.05) is 23.0 Å². The van der Waals surface area contributed by atoms with Crippen LogP contribution in [0.2, 0.25) is 0 Å². The number of methoxy groups -OCH3 is 2. The average Bonchev–Trinajstić information content (AvgIpc) is 3.14. The molecule has 0 heterocycles. The van der Waals surface area contributed by atoms with E-state index >= 15 is 0 Å². The molecule has 3 saturated carbocycles. The quantitative estimate of drug-likeness (QED) is 0.152. The Bertz CT molecular complexity index is 2000. The van der Waals surface area contributed by atoms with Crippen LogP contribution in [0.1, 0.15) is 108 Å². The monoisotopic (exact) mass is 736 g/mol. The van der Waals surface area contributed by atoms with E-state index in [0.717, 1.165) is 73.8 Å². The van der Waals surface area contributed by atoms with E-state index in [1.165, 1.54) is 30.4 Å². The van der Waals surface area contributed by atoms with Gasteiger partial charge in [-0.25, -0.2) is 0 Å². The molecule has 3 fully saturated rings. The number of hydrogen-bond acceptors (Lipinski definition) is 7. The molecule has 7 atom stereocenters. The third kappa shape index (κ3) is 5.91. The Morgan fingerprint density at radius 3 is 2.19 bits per heavy atom. The molecule has 2 aromatic carbocycles. The number of aromatic hydroxyl groups is 2. The zero-order valence-electron chi connectivity index (χ0n) is 33.1. The summed E-state index contributed by atoms with van der Waals surface area (Å²) in [5, 5.41) is 30.9. The van der Waals surface area contributed by atoms with E-state index in [1.54, 1.807) is 25.3 Å². The van der Waals surface area contributed by atoms with E-state index in [4.69, 9.17) is 9.47 Å². The third-order valence-corrected chi connectivity index (χ3v) is 14.9. The Hall–Kier alpha value is -4.59. The van der Waals surface area contributed by atoms with E-state index < -0.39 is 11.4 Å². The van der Waals surface area contributed by atoms with Gasteiger partial charge in [0.25, 0.3) is 0 Å². The normalized spacial score (nSPS) is 33.1. The lowest BCUT2D eigenvalue weighted by Crippen LogP contribution is -2.62. The molecular formula is C46H56O8. The largest absolute Gasteiger partial charge is 0.504 e. The van der Waals surface area contributed by atoms with Gasteiger partial charge >= 0.3 is 5.97 Å². The van der Waals surface area contributed by atoms with Crippen LogP contribution in [0.25, 0.3) is 0 Å². The van der Waals surface area contributed by atoms with Gasteiger partial charge in [0.2, 0.25) is 5.78 Å². The van der Waals surface area contributed by atoms with Crippen molar-refractivity contribution < 1.29 is 39.2 Å². The first kappa shape index (κ1) is 39.1. The second kappa shape index (κ2) is 13.6. The molecule has 0 amide bonds. The molecule has 3 N–H and O–H groups in total. The lowest BCUT2D eigenvalue weighted by molar-refractivity contribution is -0.177. The number of fused-ring (bicyclic) bond motifs is 7. The standard InChI is InChI=1S/C29H40O4.C17H16O4/c1-17-18-7-8-21-27(4,19(18)15-20(30)23(17)31)12-14-29(6)22-16-26(3,24(32)33)10-9-25(22,2)11-13-28(21,29)5;1-4-13(11-5-7-12(20-2)8-6-11)14-9-16(19)17(21-3)10-15(14)18/h8,15,22,30-31H,7,9-14,16H2,1-6H3,(H,32,33);4-10,13H,1H2,2-3H3. The van der Waals surface area contributed by atoms with E-state index in [-0.39, 0.29) is 56.4 Å². The molecule has 0 spiro atoms. The number of rotatable bonds is 6. The minimum absolute atomic E-state index is 0.00431. The Labute approximate surface area is 319 Å². The molecule has 0 saturated heterocycles. The first-order valence-corrected chi connectivity index (χ1v) is 19.1. The highest BCUT2D eigenvalue weighted by Gasteiger charge is 2.67. The Balaban J connectivity index is 0.000000205. The lowest BCUT2D eigenvalue weighted by Gasteiger charge is -2.69. The van der Waals surface area contributed by atoms with Crippen molar-refractivity contribution in [2.75, 3.05) is 14.2 Å². The van der Waals surface area contributed by atoms with Crippen molar-refractivity contribution >= 4 is 17.5 Å². The van der Waals surface area contributed by atoms with Crippen LogP contribution in [0, 0.1) is 34.5 Å². The molecule has 8 nitrogen and oxygen atoms in total. The summed E-state index contributed by atoms with van der Waals surface area (Å²) < 4.78 is 9.98. The smallest absolute Gasteiger partial charge is 0.309 e. The second-order valence-corrected chi connectivity index (χ2v) is 17.6. The number of benzene rings is 2. The number of ether oxygens (including phenoxy) is 2. The van der Waals surface area contributed by atoms with Crippen molar-refractivity contribution in [2.24, 2.45) is 27.6 Å². The fraction of sp³-hybridized carbons (Fsp3) is 0.500. The molecule has 0 aliphatic heterocycles. The molecule has 0 radical (unpaired) electrons. The minimum atomic E-state index is -0.641. The summed E-state index contributed by atoms with van der Waals surface area (Å²) in [7, 11) is 2.95. The summed E-state index contributed by atoms with van der Waals surface area (Å²) >= 11 is 0. The van der Waals surface area contributed by atoms with Gasteiger partial charge in [-0.05, 0) is 134 Å². The number of hydrogen-bond donors (Lipinski definition) is 3. The van der Waals surface area contributed by atoms with Gasteiger partial charge in [-0.2, -0.15) is 0 Å². The summed E-state index contributed by atoms with van der Waals surface area (Å²) in [6.45, 7) is 17.3. The van der Waals surface area contributed by atoms with Crippen LogP contribution < -0.4 is 4.74 Å². The molecule has 2 aromatic rings. The predicted octanol–water partition coefficient (Wildman–Crippen LogP) is 9.22. The second-order valence-electron chi connectivity index (χ2n) is 17.6. The molecule has 0 bridgehead atoms. The summed E-state index contributed by atoms with van der Waals surface area (Å²) in [5.41, 5.74) is 5.26. The van der Waals surface area contributed by atoms with Gasteiger partial charge in [0.1, 0.15) is 5.75 Å². The maximum absolute atomic E-state index is 12.3. The highest BCUT2D eigenvalue weighted by molar-refractivity contribution is 6.19. The number of phenolic OH excluding ortho intramolecular Hbond substituents is 2. The number of ketones is 2. The average molecular weight is 737 g/mol. The molecule has 7 rings (SSSR count). The summed E-state index contributed by atoms with van der Waals surface area (Å²) in [6.07, 6.45) is 14.2. The molecule has 5 aliphatic rings. The van der Waals surface area contributed by atoms with Crippen molar-refractivity contribution in [2.45, 2.75) is 104 Å². The van der Waals surface area contributed by atoms with Crippen LogP contribution in [-0.2, 0) is 31.0 Å². The Morgan fingerprint density at radius 2 is 1.57 bits per heavy atom. The van der Waals surface area contributed by atoms with Gasteiger partial charge in [0.15, 0.2) is 23.0 Å². The fourth-order valence-corrected chi connectivity index (χ4v) is 11.1. The van der Waals surface area contributed by atoms with Crippen LogP contribution in [0.4, 0.5) is 0 Å². The lowest BCUT2D eigenvalue weighted by atomic mass is 9.34. The van der Waals surface area contributed by atoms with Crippen LogP contribution in [0.3, 0.4) is 0 Å². The van der Waals surface area contributed by atoms with Crippen molar-refractivity contribution in [3.05, 3.63) is 100 Å². The first-order valence-electron chi connectivity index (χ1n) is 19.1. The van der Waals surface area contributed by atoms with E-state index in [2.05, 4.69) is 40.3 Å². The van der Waals surface area contributed by atoms with Gasteiger partial charge in [-0.3, -0.25) is 14.4 Å². The summed E-state index contributed by atoms with van der Waals surface area (Å²) in [4.78, 5) is 36.3. The van der Waals surface area contributed by atoms with Crippen LogP contribution in [0.5, 0.6) is 17.2 Å². The van der Waals surface area contributed by atoms with Crippen LogP contribution in [0.15, 0.2) is 78.1 Å². The number of allylic oxidation sites excluding steroid dienone is 6. The number of carbonyl (C=O) groups excluding carboxylic acids is 2. The van der Waals surface area contributed by atoms with E-state index in [1.807, 2.05) is 32.0 Å². The van der Waals surface area contributed by atoms with Crippen LogP contribution >= 0.6 is 0 Å². The van der Waals surface area contributed by atoms with Gasteiger partial charge in [-0.1, -0.05) is 57.6 Å². The molecule has 5 aliphatic carbocycles. The van der Waals surface area contributed by atoms with E-state index in [0.29, 0.717) is 11.5 Å². The number of carboxylic acid groups (broad SMARTS) is 1. The number of aliphatic carboxylic acids is 1. The molecule has 8 heteroatoms. The van der Waals surface area contributed by atoms with E-state index in [9.17, 15) is 29.7 Å². The highest BCUT2D eigenvalue weighted by Crippen LogP contribution is 2.74. The zero-order valence-corrected chi connectivity index (χ0v) is 33.1. The van der Waals surface area contributed by atoms with Gasteiger partial charge in [-0.15, -0.1) is 6.58 Å². The number of carbonyl (C=O) groups is 3. The van der Waals surface area contributed by atoms with Crippen molar-refractivity contribution in [3.8, 4) is 17.2 Å². The zero-order chi connectivity index (χ0) is 39.6. The third-order valence-electron chi connectivity index (χ3n) is 14.9. The highest BCUT2D eigenvalue weighted by atomic mass is 16.5. The maximum atomic E-state index is 12.3. The Kier molecular flexibility index (Phi) is 9.86. The van der Waals surface area contributed by atoms with Gasteiger partial charge < -0.3 is 24.8 Å². The SMILES string of the molecule is C=CC(C1=CC(=O)C(OC)=CC1=O)c1ccc(OC)cc1.Cc1c(O)c(O)cc2c1CC=C1C2(C)CCC2(C)C3CC(C)(C(=O)O)CCC3(C)CCC12C. The number of phenols is 2. The molecule has 288 valence electrons. The van der Waals surface area contributed by atoms with Gasteiger partial charge in [0.05, 0.1) is 19.6 Å². The molecular weight excluding hydrogens is 680 g/mol.